The zero-order chi connectivity index (χ0) is 14.9. The molecule has 0 radical (unpaired) electrons. The van der Waals surface area contributed by atoms with Gasteiger partial charge in [-0.1, -0.05) is 6.07 Å². The molecule has 106 valence electrons. The number of carbonyl (C=O) groups is 1. The van der Waals surface area contributed by atoms with Crippen LogP contribution in [0.5, 0.6) is 0 Å². The molecule has 1 aromatic carbocycles. The Kier molecular flexibility index (Phi) is 3.79. The van der Waals surface area contributed by atoms with Gasteiger partial charge in [-0.15, -0.1) is 0 Å². The monoisotopic (exact) mass is 272 g/mol. The molecule has 0 saturated carbocycles. The molecular weight excluding hydrogens is 252 g/mol. The van der Waals surface area contributed by atoms with E-state index < -0.39 is 0 Å². The average Bonchev–Trinajstić information content (AvgIpc) is 2.73. The largest absolute Gasteiger partial charge is 0.398 e. The van der Waals surface area contributed by atoms with Crippen LogP contribution in [0, 0.1) is 20.8 Å². The normalized spacial score (nSPS) is 12.2. The van der Waals surface area contributed by atoms with Crippen LogP contribution < -0.4 is 11.1 Å². The molecule has 2 rings (SSSR count). The predicted molar refractivity (Wildman–Crippen MR) is 80.6 cm³/mol. The van der Waals surface area contributed by atoms with E-state index in [-0.39, 0.29) is 11.9 Å². The zero-order valence-corrected chi connectivity index (χ0v) is 12.3. The minimum absolute atomic E-state index is 0.107. The fourth-order valence-corrected chi connectivity index (χ4v) is 2.18. The van der Waals surface area contributed by atoms with Gasteiger partial charge >= 0.3 is 0 Å². The van der Waals surface area contributed by atoms with Crippen molar-refractivity contribution in [2.45, 2.75) is 33.7 Å². The number of hydrogen-bond donors (Lipinski definition) is 2. The molecule has 0 saturated heterocycles. The quantitative estimate of drug-likeness (QED) is 0.843. The van der Waals surface area contributed by atoms with E-state index in [4.69, 9.17) is 5.73 Å². The van der Waals surface area contributed by atoms with Crippen molar-refractivity contribution in [2.24, 2.45) is 0 Å². The molecule has 5 heteroatoms. The van der Waals surface area contributed by atoms with Gasteiger partial charge in [-0.05, 0) is 51.5 Å². The summed E-state index contributed by atoms with van der Waals surface area (Å²) in [6, 6.07) is 7.07. The molecule has 1 unspecified atom stereocenters. The fourth-order valence-electron chi connectivity index (χ4n) is 2.18. The van der Waals surface area contributed by atoms with Crippen molar-refractivity contribution < 1.29 is 4.79 Å². The number of anilines is 2. The summed E-state index contributed by atoms with van der Waals surface area (Å²) in [6.07, 6.45) is 0. The van der Waals surface area contributed by atoms with Gasteiger partial charge < -0.3 is 11.1 Å². The van der Waals surface area contributed by atoms with Gasteiger partial charge in [-0.2, -0.15) is 5.10 Å². The summed E-state index contributed by atoms with van der Waals surface area (Å²) in [7, 11) is 0. The minimum atomic E-state index is -0.371. The number of nitrogens with one attached hydrogen (secondary N) is 1. The number of amides is 1. The second-order valence-electron chi connectivity index (χ2n) is 5.06. The van der Waals surface area contributed by atoms with Gasteiger partial charge in [-0.3, -0.25) is 9.48 Å². The van der Waals surface area contributed by atoms with Gasteiger partial charge in [0, 0.05) is 17.1 Å². The molecule has 3 N–H and O–H groups in total. The highest BCUT2D eigenvalue weighted by atomic mass is 16.2. The number of carbonyl (C=O) groups excluding carboxylic acids is 1. The Morgan fingerprint density at radius 1 is 1.35 bits per heavy atom. The summed E-state index contributed by atoms with van der Waals surface area (Å²) in [4.78, 5) is 12.3. The lowest BCUT2D eigenvalue weighted by atomic mass is 10.1. The fraction of sp³-hybridized carbons (Fsp3) is 0.333. The van der Waals surface area contributed by atoms with Crippen LogP contribution in [-0.4, -0.2) is 15.7 Å². The number of nitrogen functional groups attached to an aromatic ring is 1. The Morgan fingerprint density at radius 2 is 2.05 bits per heavy atom. The molecule has 1 amide bonds. The molecule has 0 aliphatic heterocycles. The molecule has 2 aromatic rings. The third-order valence-electron chi connectivity index (χ3n) is 3.42. The molecule has 1 atom stereocenters. The van der Waals surface area contributed by atoms with Gasteiger partial charge in [0.1, 0.15) is 6.04 Å². The summed E-state index contributed by atoms with van der Waals surface area (Å²) in [6.45, 7) is 7.57. The molecule has 0 aliphatic carbocycles. The highest BCUT2D eigenvalue weighted by Gasteiger charge is 2.18. The van der Waals surface area contributed by atoms with Crippen molar-refractivity contribution in [1.29, 1.82) is 0 Å². The highest BCUT2D eigenvalue weighted by Crippen LogP contribution is 2.22. The van der Waals surface area contributed by atoms with Crippen molar-refractivity contribution in [3.8, 4) is 0 Å². The van der Waals surface area contributed by atoms with Crippen molar-refractivity contribution in [1.82, 2.24) is 9.78 Å². The summed E-state index contributed by atoms with van der Waals surface area (Å²) in [5, 5.41) is 7.25. The van der Waals surface area contributed by atoms with Crippen LogP contribution in [0.4, 0.5) is 11.4 Å². The average molecular weight is 272 g/mol. The first kappa shape index (κ1) is 14.1. The second kappa shape index (κ2) is 5.36. The van der Waals surface area contributed by atoms with Crippen LogP contribution in [0.15, 0.2) is 24.3 Å². The van der Waals surface area contributed by atoms with Crippen LogP contribution in [0.2, 0.25) is 0 Å². The third-order valence-corrected chi connectivity index (χ3v) is 3.42. The lowest BCUT2D eigenvalue weighted by Crippen LogP contribution is -2.25. The van der Waals surface area contributed by atoms with Gasteiger partial charge in [0.05, 0.1) is 5.69 Å². The van der Waals surface area contributed by atoms with Crippen LogP contribution in [0.1, 0.15) is 29.9 Å². The maximum absolute atomic E-state index is 12.3. The van der Waals surface area contributed by atoms with E-state index in [2.05, 4.69) is 10.4 Å². The smallest absolute Gasteiger partial charge is 0.248 e. The van der Waals surface area contributed by atoms with E-state index in [0.29, 0.717) is 5.69 Å². The van der Waals surface area contributed by atoms with Crippen molar-refractivity contribution in [3.05, 3.63) is 41.2 Å². The number of benzene rings is 1. The van der Waals surface area contributed by atoms with E-state index in [1.165, 1.54) is 0 Å². The lowest BCUT2D eigenvalue weighted by molar-refractivity contribution is -0.119. The molecule has 5 nitrogen and oxygen atoms in total. The first-order valence-electron chi connectivity index (χ1n) is 6.59. The maximum atomic E-state index is 12.3. The summed E-state index contributed by atoms with van der Waals surface area (Å²) >= 11 is 0. The molecule has 0 fully saturated rings. The number of nitrogens with zero attached hydrogens (tertiary/aromatic N) is 2. The van der Waals surface area contributed by atoms with E-state index in [0.717, 1.165) is 22.6 Å². The topological polar surface area (TPSA) is 72.9 Å². The van der Waals surface area contributed by atoms with Gasteiger partial charge in [0.15, 0.2) is 0 Å². The number of hydrogen-bond acceptors (Lipinski definition) is 3. The van der Waals surface area contributed by atoms with Crippen molar-refractivity contribution in [2.75, 3.05) is 11.1 Å². The van der Waals surface area contributed by atoms with Gasteiger partial charge in [-0.25, -0.2) is 0 Å². The third kappa shape index (κ3) is 2.66. The molecule has 0 aliphatic rings. The molecule has 1 aromatic heterocycles. The van der Waals surface area contributed by atoms with Gasteiger partial charge in [0.2, 0.25) is 5.91 Å². The zero-order valence-electron chi connectivity index (χ0n) is 12.3. The maximum Gasteiger partial charge on any atom is 0.248 e. The van der Waals surface area contributed by atoms with Crippen molar-refractivity contribution >= 4 is 17.3 Å². The standard InChI is InChI=1S/C15H20N4O/c1-9-8-10(2)19(18-9)12(4)15(20)17-14-7-5-6-13(16)11(14)3/h5-8,12H,16H2,1-4H3,(H,17,20). The molecule has 0 bridgehead atoms. The van der Waals surface area contributed by atoms with E-state index in [1.54, 1.807) is 4.68 Å². The SMILES string of the molecule is Cc1cc(C)n(C(C)C(=O)Nc2cccc(N)c2C)n1. The minimum Gasteiger partial charge on any atom is -0.398 e. The first-order chi connectivity index (χ1) is 9.40. The summed E-state index contributed by atoms with van der Waals surface area (Å²) < 4.78 is 1.73. The Morgan fingerprint density at radius 3 is 2.65 bits per heavy atom. The van der Waals surface area contributed by atoms with E-state index >= 15 is 0 Å². The van der Waals surface area contributed by atoms with Crippen LogP contribution in [-0.2, 0) is 4.79 Å². The number of aryl methyl sites for hydroxylation is 2. The lowest BCUT2D eigenvalue weighted by Gasteiger charge is -2.16. The van der Waals surface area contributed by atoms with Crippen LogP contribution in [0.25, 0.3) is 0 Å². The highest BCUT2D eigenvalue weighted by molar-refractivity contribution is 5.94. The van der Waals surface area contributed by atoms with Crippen LogP contribution in [0.3, 0.4) is 0 Å². The second-order valence-corrected chi connectivity index (χ2v) is 5.06. The Bertz CT molecular complexity index is 645. The molecule has 0 spiro atoms. The predicted octanol–water partition coefficient (Wildman–Crippen LogP) is 2.59. The number of rotatable bonds is 3. The molecule has 1 heterocycles. The molecular formula is C15H20N4O. The van der Waals surface area contributed by atoms with E-state index in [9.17, 15) is 4.79 Å². The Hall–Kier alpha value is -2.30. The Labute approximate surface area is 118 Å². The molecule has 20 heavy (non-hydrogen) atoms. The number of aromatic nitrogens is 2. The van der Waals surface area contributed by atoms with Crippen molar-refractivity contribution in [3.63, 3.8) is 0 Å². The Balaban J connectivity index is 2.20. The summed E-state index contributed by atoms with van der Waals surface area (Å²) in [5.41, 5.74) is 10.00. The van der Waals surface area contributed by atoms with Crippen LogP contribution >= 0.6 is 0 Å². The summed E-state index contributed by atoms with van der Waals surface area (Å²) in [5.74, 6) is -0.107. The number of nitrogens with two attached hydrogens (primary N) is 1. The van der Waals surface area contributed by atoms with Gasteiger partial charge in [0.25, 0.3) is 0 Å². The van der Waals surface area contributed by atoms with E-state index in [1.807, 2.05) is 52.0 Å². The first-order valence-corrected chi connectivity index (χ1v) is 6.59.